The normalized spacial score (nSPS) is 20.6. The van der Waals surface area contributed by atoms with E-state index in [0.29, 0.717) is 6.04 Å². The summed E-state index contributed by atoms with van der Waals surface area (Å²) in [5.41, 5.74) is 4.44. The molecule has 1 unspecified atom stereocenters. The Bertz CT molecular complexity index is 557. The van der Waals surface area contributed by atoms with Crippen molar-refractivity contribution in [3.05, 3.63) is 65.7 Å². The van der Waals surface area contributed by atoms with E-state index in [1.165, 1.54) is 29.7 Å². The molecule has 98 valence electrons. The molecule has 0 amide bonds. The van der Waals surface area contributed by atoms with Crippen molar-refractivity contribution in [2.45, 2.75) is 32.7 Å². The third kappa shape index (κ3) is 2.37. The van der Waals surface area contributed by atoms with Gasteiger partial charge in [-0.1, -0.05) is 56.3 Å². The Morgan fingerprint density at radius 1 is 0.947 bits per heavy atom. The van der Waals surface area contributed by atoms with Gasteiger partial charge in [-0.25, -0.2) is 0 Å². The predicted molar refractivity (Wildman–Crippen MR) is 81.3 cm³/mol. The molecule has 1 nitrogen and oxygen atoms in total. The van der Waals surface area contributed by atoms with E-state index in [2.05, 4.69) is 73.8 Å². The highest BCUT2D eigenvalue weighted by atomic mass is 14.9. The van der Waals surface area contributed by atoms with Gasteiger partial charge in [0.05, 0.1) is 6.04 Å². The predicted octanol–water partition coefficient (Wildman–Crippen LogP) is 4.81. The lowest BCUT2D eigenvalue weighted by atomic mass is 9.70. The van der Waals surface area contributed by atoms with E-state index in [-0.39, 0.29) is 5.41 Å². The molecule has 19 heavy (non-hydrogen) atoms. The van der Waals surface area contributed by atoms with E-state index in [0.717, 1.165) is 0 Å². The second-order valence-electron chi connectivity index (χ2n) is 6.13. The highest BCUT2D eigenvalue weighted by molar-refractivity contribution is 5.48. The molecule has 3 rings (SSSR count). The van der Waals surface area contributed by atoms with E-state index >= 15 is 0 Å². The van der Waals surface area contributed by atoms with Crippen molar-refractivity contribution in [1.29, 1.82) is 0 Å². The number of para-hydroxylation sites is 1. The fourth-order valence-electron chi connectivity index (χ4n) is 3.04. The summed E-state index contributed by atoms with van der Waals surface area (Å²) in [5, 5.41) is 3.73. The van der Waals surface area contributed by atoms with Crippen LogP contribution in [0.25, 0.3) is 0 Å². The van der Waals surface area contributed by atoms with Crippen LogP contribution in [0.5, 0.6) is 0 Å². The molecule has 0 aromatic heterocycles. The van der Waals surface area contributed by atoms with Gasteiger partial charge in [-0.2, -0.15) is 0 Å². The molecule has 2 aromatic rings. The Hall–Kier alpha value is -1.76. The number of anilines is 1. The third-order valence-electron chi connectivity index (χ3n) is 4.27. The second-order valence-corrected chi connectivity index (χ2v) is 6.13. The summed E-state index contributed by atoms with van der Waals surface area (Å²) < 4.78 is 0. The van der Waals surface area contributed by atoms with Crippen LogP contribution in [-0.4, -0.2) is 0 Å². The molecule has 0 spiro atoms. The van der Waals surface area contributed by atoms with Crippen LogP contribution in [0.15, 0.2) is 54.6 Å². The van der Waals surface area contributed by atoms with Crippen molar-refractivity contribution in [3.8, 4) is 0 Å². The minimum absolute atomic E-state index is 0.282. The minimum atomic E-state index is 0.282. The fraction of sp³-hybridized carbons (Fsp3) is 0.333. The number of fused-ring (bicyclic) bond motifs is 1. The summed E-state index contributed by atoms with van der Waals surface area (Å²) in [6.45, 7) is 4.73. The molecule has 0 fully saturated rings. The van der Waals surface area contributed by atoms with Crippen molar-refractivity contribution in [2.75, 3.05) is 5.32 Å². The molecule has 0 heterocycles. The largest absolute Gasteiger partial charge is 0.378 e. The van der Waals surface area contributed by atoms with Gasteiger partial charge in [0.25, 0.3) is 0 Å². The van der Waals surface area contributed by atoms with Crippen LogP contribution in [0.1, 0.15) is 37.4 Å². The average molecular weight is 251 g/mol. The summed E-state index contributed by atoms with van der Waals surface area (Å²) in [6.07, 6.45) is 2.42. The second kappa shape index (κ2) is 4.73. The molecular formula is C18H21N. The Labute approximate surface area is 115 Å². The maximum absolute atomic E-state index is 3.73. The summed E-state index contributed by atoms with van der Waals surface area (Å²) >= 11 is 0. The van der Waals surface area contributed by atoms with Gasteiger partial charge in [0.15, 0.2) is 0 Å². The number of benzene rings is 2. The molecule has 1 N–H and O–H groups in total. The first kappa shape index (κ1) is 12.3. The number of hydrogen-bond acceptors (Lipinski definition) is 1. The topological polar surface area (TPSA) is 12.0 Å². The molecule has 0 bridgehead atoms. The zero-order chi connectivity index (χ0) is 13.3. The number of rotatable bonds is 2. The summed E-state index contributed by atoms with van der Waals surface area (Å²) in [4.78, 5) is 0. The summed E-state index contributed by atoms with van der Waals surface area (Å²) in [5.74, 6) is 0. The van der Waals surface area contributed by atoms with Gasteiger partial charge in [0.2, 0.25) is 0 Å². The molecule has 0 saturated heterocycles. The van der Waals surface area contributed by atoms with Gasteiger partial charge < -0.3 is 5.32 Å². The number of hydrogen-bond donors (Lipinski definition) is 1. The van der Waals surface area contributed by atoms with Crippen LogP contribution in [0.3, 0.4) is 0 Å². The summed E-state index contributed by atoms with van der Waals surface area (Å²) in [6, 6.07) is 19.8. The van der Waals surface area contributed by atoms with Crippen LogP contribution >= 0.6 is 0 Å². The van der Waals surface area contributed by atoms with E-state index in [9.17, 15) is 0 Å². The van der Waals surface area contributed by atoms with Crippen molar-refractivity contribution >= 4 is 5.69 Å². The number of aryl methyl sites for hydroxylation is 1. The molecule has 0 saturated carbocycles. The zero-order valence-corrected chi connectivity index (χ0v) is 11.7. The van der Waals surface area contributed by atoms with Gasteiger partial charge in [0.1, 0.15) is 0 Å². The maximum atomic E-state index is 3.73. The first-order valence-electron chi connectivity index (χ1n) is 7.06. The quantitative estimate of drug-likeness (QED) is 0.807. The minimum Gasteiger partial charge on any atom is -0.378 e. The lowest BCUT2D eigenvalue weighted by Crippen LogP contribution is -2.33. The highest BCUT2D eigenvalue weighted by Gasteiger charge is 2.35. The van der Waals surface area contributed by atoms with Gasteiger partial charge in [-0.15, -0.1) is 0 Å². The van der Waals surface area contributed by atoms with Crippen molar-refractivity contribution in [2.24, 2.45) is 5.41 Å². The first-order chi connectivity index (χ1) is 9.17. The van der Waals surface area contributed by atoms with E-state index in [1.807, 2.05) is 0 Å². The van der Waals surface area contributed by atoms with Crippen LogP contribution in [-0.2, 0) is 6.42 Å². The van der Waals surface area contributed by atoms with E-state index in [1.54, 1.807) is 0 Å². The molecule has 0 aliphatic heterocycles. The van der Waals surface area contributed by atoms with Crippen LogP contribution in [0, 0.1) is 5.41 Å². The molecular weight excluding hydrogens is 230 g/mol. The van der Waals surface area contributed by atoms with Crippen LogP contribution in [0.4, 0.5) is 5.69 Å². The van der Waals surface area contributed by atoms with Gasteiger partial charge >= 0.3 is 0 Å². The lowest BCUT2D eigenvalue weighted by Gasteiger charge is -2.41. The van der Waals surface area contributed by atoms with Crippen molar-refractivity contribution in [3.63, 3.8) is 0 Å². The van der Waals surface area contributed by atoms with Gasteiger partial charge in [-0.05, 0) is 41.5 Å². The molecule has 0 radical (unpaired) electrons. The molecule has 1 atom stereocenters. The van der Waals surface area contributed by atoms with Crippen molar-refractivity contribution < 1.29 is 0 Å². The summed E-state index contributed by atoms with van der Waals surface area (Å²) in [7, 11) is 0. The van der Waals surface area contributed by atoms with Gasteiger partial charge in [0, 0.05) is 5.69 Å². The molecule has 1 heteroatoms. The highest BCUT2D eigenvalue weighted by Crippen LogP contribution is 2.45. The zero-order valence-electron chi connectivity index (χ0n) is 11.7. The Morgan fingerprint density at radius 2 is 1.63 bits per heavy atom. The van der Waals surface area contributed by atoms with E-state index < -0.39 is 0 Å². The standard InChI is InChI=1S/C18H21N/c1-18(2)13-12-14-8-6-7-11-16(14)17(18)19-15-9-4-3-5-10-15/h3-11,17,19H,12-13H2,1-2H3. The Morgan fingerprint density at radius 3 is 2.42 bits per heavy atom. The smallest absolute Gasteiger partial charge is 0.0567 e. The molecule has 1 aliphatic rings. The Kier molecular flexibility index (Phi) is 3.06. The molecule has 1 aliphatic carbocycles. The first-order valence-corrected chi connectivity index (χ1v) is 7.06. The lowest BCUT2D eigenvalue weighted by molar-refractivity contribution is 0.265. The van der Waals surface area contributed by atoms with E-state index in [4.69, 9.17) is 0 Å². The fourth-order valence-corrected chi connectivity index (χ4v) is 3.04. The maximum Gasteiger partial charge on any atom is 0.0567 e. The average Bonchev–Trinajstić information content (AvgIpc) is 2.43. The SMILES string of the molecule is CC1(C)CCc2ccccc2C1Nc1ccccc1. The third-order valence-corrected chi connectivity index (χ3v) is 4.27. The number of nitrogens with one attached hydrogen (secondary N) is 1. The van der Waals surface area contributed by atoms with Crippen molar-refractivity contribution in [1.82, 2.24) is 0 Å². The van der Waals surface area contributed by atoms with Crippen LogP contribution < -0.4 is 5.32 Å². The van der Waals surface area contributed by atoms with Crippen LogP contribution in [0.2, 0.25) is 0 Å². The van der Waals surface area contributed by atoms with Gasteiger partial charge in [-0.3, -0.25) is 0 Å². The molecule has 2 aromatic carbocycles. The monoisotopic (exact) mass is 251 g/mol. The Balaban J connectivity index is 1.97.